The summed E-state index contributed by atoms with van der Waals surface area (Å²) in [6.07, 6.45) is 3.33. The minimum Gasteiger partial charge on any atom is -0.333 e. The summed E-state index contributed by atoms with van der Waals surface area (Å²) in [5.74, 6) is -0.243. The molecule has 5 nitrogen and oxygen atoms in total. The molecule has 0 spiro atoms. The van der Waals surface area contributed by atoms with Crippen molar-refractivity contribution in [3.8, 4) is 0 Å². The fourth-order valence-electron chi connectivity index (χ4n) is 3.18. The van der Waals surface area contributed by atoms with E-state index < -0.39 is 6.03 Å². The molecule has 0 saturated carbocycles. The number of quaternary nitrogens is 1. The predicted molar refractivity (Wildman–Crippen MR) is 90.3 cm³/mol. The number of likely N-dealkylation sites (N-methyl/N-ethyl adjacent to an activating group) is 1. The Labute approximate surface area is 138 Å². The van der Waals surface area contributed by atoms with Crippen molar-refractivity contribution in [1.82, 2.24) is 10.6 Å². The van der Waals surface area contributed by atoms with E-state index >= 15 is 0 Å². The first-order chi connectivity index (χ1) is 10.8. The minimum absolute atomic E-state index is 0.243. The molecule has 3 N–H and O–H groups in total. The number of urea groups is 1. The zero-order valence-electron chi connectivity index (χ0n) is 14.5. The summed E-state index contributed by atoms with van der Waals surface area (Å²) >= 11 is 0. The molecule has 1 aromatic rings. The molecule has 3 amide bonds. The number of aryl methyl sites for hydroxylation is 1. The van der Waals surface area contributed by atoms with Gasteiger partial charge in [-0.05, 0) is 39.2 Å². The fraction of sp³-hybridized carbons (Fsp3) is 0.556. The van der Waals surface area contributed by atoms with Crippen LogP contribution < -0.4 is 15.5 Å². The number of imide groups is 1. The van der Waals surface area contributed by atoms with Crippen LogP contribution in [-0.2, 0) is 11.2 Å². The summed E-state index contributed by atoms with van der Waals surface area (Å²) in [4.78, 5) is 25.0. The maximum atomic E-state index is 12.1. The molecule has 1 aliphatic rings. The van der Waals surface area contributed by atoms with Crippen LogP contribution >= 0.6 is 0 Å². The number of hydrogen-bond donors (Lipinski definition) is 3. The number of carbonyl (C=O) groups excluding carboxylic acids is 2. The molecule has 1 unspecified atom stereocenters. The van der Waals surface area contributed by atoms with Crippen molar-refractivity contribution in [2.45, 2.75) is 51.6 Å². The summed E-state index contributed by atoms with van der Waals surface area (Å²) in [6.45, 7) is 5.94. The number of benzene rings is 1. The molecule has 126 valence electrons. The highest BCUT2D eigenvalue weighted by Gasteiger charge is 2.28. The molecule has 0 saturated heterocycles. The number of nitrogens with one attached hydrogen (secondary N) is 3. The first kappa shape index (κ1) is 17.5. The van der Waals surface area contributed by atoms with Crippen LogP contribution in [0.15, 0.2) is 24.3 Å². The monoisotopic (exact) mass is 318 g/mol. The Morgan fingerprint density at radius 1 is 1.26 bits per heavy atom. The van der Waals surface area contributed by atoms with Crippen LogP contribution in [0.4, 0.5) is 4.79 Å². The van der Waals surface area contributed by atoms with Gasteiger partial charge in [-0.25, -0.2) is 4.79 Å². The largest absolute Gasteiger partial charge is 0.333 e. The topological polar surface area (TPSA) is 62.6 Å². The van der Waals surface area contributed by atoms with Gasteiger partial charge in [-0.3, -0.25) is 10.1 Å². The third kappa shape index (κ3) is 5.06. The van der Waals surface area contributed by atoms with Gasteiger partial charge in [0.1, 0.15) is 6.04 Å². The number of hydrogen-bond acceptors (Lipinski definition) is 2. The van der Waals surface area contributed by atoms with Gasteiger partial charge in [0.05, 0.1) is 7.05 Å². The first-order valence-corrected chi connectivity index (χ1v) is 8.28. The van der Waals surface area contributed by atoms with Crippen LogP contribution in [0.2, 0.25) is 0 Å². The lowest BCUT2D eigenvalue weighted by Crippen LogP contribution is -3.10. The molecule has 1 aromatic carbocycles. The summed E-state index contributed by atoms with van der Waals surface area (Å²) in [5.41, 5.74) is 2.36. The van der Waals surface area contributed by atoms with E-state index in [1.807, 2.05) is 27.8 Å². The van der Waals surface area contributed by atoms with E-state index in [1.165, 1.54) is 11.1 Å². The van der Waals surface area contributed by atoms with Gasteiger partial charge in [-0.1, -0.05) is 24.3 Å². The lowest BCUT2D eigenvalue weighted by atomic mass is 9.87. The molecule has 2 atom stereocenters. The molecule has 5 heteroatoms. The second-order valence-corrected chi connectivity index (χ2v) is 7.42. The normalized spacial score (nSPS) is 18.7. The molecule has 0 fully saturated rings. The minimum atomic E-state index is -0.431. The third-order valence-electron chi connectivity index (χ3n) is 4.15. The zero-order valence-corrected chi connectivity index (χ0v) is 14.5. The molecule has 0 heterocycles. The lowest BCUT2D eigenvalue weighted by Gasteiger charge is -2.30. The molecular weight excluding hydrogens is 290 g/mol. The van der Waals surface area contributed by atoms with Crippen molar-refractivity contribution in [2.75, 3.05) is 13.6 Å². The van der Waals surface area contributed by atoms with Crippen molar-refractivity contribution in [1.29, 1.82) is 0 Å². The Bertz CT molecular complexity index is 578. The summed E-state index contributed by atoms with van der Waals surface area (Å²) in [5, 5.41) is 5.16. The maximum absolute atomic E-state index is 12.1. The van der Waals surface area contributed by atoms with E-state index in [0.29, 0.717) is 6.04 Å². The van der Waals surface area contributed by atoms with E-state index in [0.717, 1.165) is 24.2 Å². The van der Waals surface area contributed by atoms with Crippen LogP contribution in [0.1, 0.15) is 50.8 Å². The highest BCUT2D eigenvalue weighted by Crippen LogP contribution is 2.27. The van der Waals surface area contributed by atoms with Gasteiger partial charge in [-0.15, -0.1) is 0 Å². The second kappa shape index (κ2) is 7.13. The van der Waals surface area contributed by atoms with Gasteiger partial charge in [0, 0.05) is 17.5 Å². The van der Waals surface area contributed by atoms with E-state index in [1.54, 1.807) is 0 Å². The SMILES string of the molecule is C[NH+](CC(=O)NC(=O)NC(C)(C)C)[C@H]1CCCc2ccccc21. The molecular formula is C18H28N3O2+. The molecule has 0 aromatic heterocycles. The van der Waals surface area contributed by atoms with Crippen LogP contribution in [-0.4, -0.2) is 31.1 Å². The van der Waals surface area contributed by atoms with E-state index in [9.17, 15) is 9.59 Å². The average molecular weight is 318 g/mol. The zero-order chi connectivity index (χ0) is 17.0. The summed E-state index contributed by atoms with van der Waals surface area (Å²) in [7, 11) is 2.02. The molecule has 0 aliphatic heterocycles. The van der Waals surface area contributed by atoms with Crippen LogP contribution in [0.5, 0.6) is 0 Å². The second-order valence-electron chi connectivity index (χ2n) is 7.42. The molecule has 0 radical (unpaired) electrons. The Morgan fingerprint density at radius 3 is 2.65 bits per heavy atom. The van der Waals surface area contributed by atoms with Gasteiger partial charge in [-0.2, -0.15) is 0 Å². The van der Waals surface area contributed by atoms with Gasteiger partial charge in [0.15, 0.2) is 6.54 Å². The van der Waals surface area contributed by atoms with Crippen LogP contribution in [0.3, 0.4) is 0 Å². The van der Waals surface area contributed by atoms with Crippen molar-refractivity contribution >= 4 is 11.9 Å². The van der Waals surface area contributed by atoms with Gasteiger partial charge >= 0.3 is 6.03 Å². The quantitative estimate of drug-likeness (QED) is 0.784. The van der Waals surface area contributed by atoms with E-state index in [2.05, 4.69) is 34.9 Å². The molecule has 0 bridgehead atoms. The Kier molecular flexibility index (Phi) is 5.42. The Balaban J connectivity index is 1.93. The van der Waals surface area contributed by atoms with Gasteiger partial charge in [0.25, 0.3) is 5.91 Å². The highest BCUT2D eigenvalue weighted by molar-refractivity contribution is 5.94. The average Bonchev–Trinajstić information content (AvgIpc) is 2.44. The Hall–Kier alpha value is -1.88. The van der Waals surface area contributed by atoms with Crippen LogP contribution in [0, 0.1) is 0 Å². The number of rotatable bonds is 3. The molecule has 23 heavy (non-hydrogen) atoms. The number of fused-ring (bicyclic) bond motifs is 1. The van der Waals surface area contributed by atoms with Crippen molar-refractivity contribution in [2.24, 2.45) is 0 Å². The Morgan fingerprint density at radius 2 is 1.96 bits per heavy atom. The van der Waals surface area contributed by atoms with E-state index in [-0.39, 0.29) is 18.0 Å². The number of amides is 3. The van der Waals surface area contributed by atoms with Crippen molar-refractivity contribution in [3.05, 3.63) is 35.4 Å². The smallest absolute Gasteiger partial charge is 0.322 e. The maximum Gasteiger partial charge on any atom is 0.322 e. The summed E-state index contributed by atoms with van der Waals surface area (Å²) in [6, 6.07) is 8.34. The number of carbonyl (C=O) groups is 2. The standard InChI is InChI=1S/C18H27N3O2/c1-18(2,3)20-17(23)19-16(22)12-21(4)15-11-7-9-13-8-5-6-10-14(13)15/h5-6,8,10,15H,7,9,11-12H2,1-4H3,(H2,19,20,22,23)/p+1/t15-/m0/s1. The first-order valence-electron chi connectivity index (χ1n) is 8.28. The highest BCUT2D eigenvalue weighted by atomic mass is 16.2. The fourth-order valence-corrected chi connectivity index (χ4v) is 3.18. The predicted octanol–water partition coefficient (Wildman–Crippen LogP) is 1.20. The summed E-state index contributed by atoms with van der Waals surface area (Å²) < 4.78 is 0. The van der Waals surface area contributed by atoms with Gasteiger partial charge < -0.3 is 10.2 Å². The van der Waals surface area contributed by atoms with Gasteiger partial charge in [0.2, 0.25) is 0 Å². The molecule has 2 rings (SSSR count). The van der Waals surface area contributed by atoms with E-state index in [4.69, 9.17) is 0 Å². The van der Waals surface area contributed by atoms with Crippen LogP contribution in [0.25, 0.3) is 0 Å². The van der Waals surface area contributed by atoms with Crippen molar-refractivity contribution in [3.63, 3.8) is 0 Å². The molecule has 1 aliphatic carbocycles. The third-order valence-corrected chi connectivity index (χ3v) is 4.15. The lowest BCUT2D eigenvalue weighted by molar-refractivity contribution is -0.905. The van der Waals surface area contributed by atoms with Crippen molar-refractivity contribution < 1.29 is 14.5 Å².